The van der Waals surface area contributed by atoms with Crippen molar-refractivity contribution in [2.45, 2.75) is 13.1 Å². The Labute approximate surface area is 196 Å². The Balaban J connectivity index is 1.43. The van der Waals surface area contributed by atoms with Gasteiger partial charge in [-0.3, -0.25) is 4.79 Å². The lowest BCUT2D eigenvalue weighted by molar-refractivity contribution is -0.897. The molecule has 2 heterocycles. The molecular formula is C24H23Cl2N4O2+. The quantitative estimate of drug-likeness (QED) is 0.497. The molecule has 32 heavy (non-hydrogen) atoms. The summed E-state index contributed by atoms with van der Waals surface area (Å²) < 4.78 is 7.84. The van der Waals surface area contributed by atoms with E-state index in [-0.39, 0.29) is 5.56 Å². The summed E-state index contributed by atoms with van der Waals surface area (Å²) in [5, 5.41) is 5.70. The van der Waals surface area contributed by atoms with Crippen molar-refractivity contribution < 1.29 is 9.33 Å². The number of pyridine rings is 1. The van der Waals surface area contributed by atoms with Crippen molar-refractivity contribution in [3.63, 3.8) is 0 Å². The van der Waals surface area contributed by atoms with Gasteiger partial charge in [-0.25, -0.2) is 0 Å². The van der Waals surface area contributed by atoms with E-state index < -0.39 is 0 Å². The summed E-state index contributed by atoms with van der Waals surface area (Å²) >= 11 is 12.2. The molecule has 1 aromatic heterocycles. The normalized spacial score (nSPS) is 17.4. The number of hydrogen-bond donors (Lipinski definition) is 1. The second kappa shape index (κ2) is 9.61. The Morgan fingerprint density at radius 1 is 1.03 bits per heavy atom. The molecule has 6 nitrogen and oxygen atoms in total. The van der Waals surface area contributed by atoms with Crippen molar-refractivity contribution in [2.75, 3.05) is 13.2 Å². The van der Waals surface area contributed by atoms with Crippen molar-refractivity contribution in [1.82, 2.24) is 4.57 Å². The number of ether oxygens (including phenoxy) is 1. The zero-order valence-electron chi connectivity index (χ0n) is 17.3. The van der Waals surface area contributed by atoms with Crippen molar-refractivity contribution in [3.8, 4) is 5.75 Å². The van der Waals surface area contributed by atoms with Crippen LogP contribution in [0.15, 0.2) is 89.0 Å². The minimum atomic E-state index is -0.0205. The first-order valence-electron chi connectivity index (χ1n) is 10.2. The van der Waals surface area contributed by atoms with Crippen LogP contribution < -0.4 is 16.0 Å². The molecule has 1 unspecified atom stereocenters. The number of rotatable bonds is 8. The maximum Gasteiger partial charge on any atom is 0.250 e. The number of halogens is 2. The highest BCUT2D eigenvalue weighted by molar-refractivity contribution is 6.34. The van der Waals surface area contributed by atoms with E-state index in [4.69, 9.17) is 33.7 Å². The number of nitrogens with two attached hydrogens (primary N) is 1. The van der Waals surface area contributed by atoms with Crippen LogP contribution in [-0.4, -0.2) is 28.1 Å². The fourth-order valence-corrected chi connectivity index (χ4v) is 3.89. The fraction of sp³-hybridized carbons (Fsp3) is 0.167. The Kier molecular flexibility index (Phi) is 6.65. The van der Waals surface area contributed by atoms with Crippen LogP contribution in [0.1, 0.15) is 11.1 Å². The molecule has 0 fully saturated rings. The standard InChI is InChI=1S/C24H23Cl2N4O2/c25-20-8-9-21(26)22(15-20)32-14-13-30(12-10-23(27)28-30)17-19-6-4-18(5-7-19)16-29-11-2-1-3-24(29)31/h1-12,15H,13-14,16-17H2,(H2,27,28)/q+1. The fourth-order valence-electron chi connectivity index (χ4n) is 3.56. The molecule has 2 N–H and O–H groups in total. The van der Waals surface area contributed by atoms with Gasteiger partial charge in [-0.05, 0) is 23.8 Å². The SMILES string of the molecule is NC1=N[N+](CCOc2cc(Cl)ccc2Cl)(Cc2ccc(Cn3ccccc3=O)cc2)C=C1. The molecule has 1 aliphatic rings. The van der Waals surface area contributed by atoms with Gasteiger partial charge in [-0.15, -0.1) is 0 Å². The van der Waals surface area contributed by atoms with Crippen molar-refractivity contribution >= 4 is 29.0 Å². The molecule has 3 aromatic rings. The summed E-state index contributed by atoms with van der Waals surface area (Å²) in [5.74, 6) is 1.02. The van der Waals surface area contributed by atoms with Crippen LogP contribution in [0.3, 0.4) is 0 Å². The Morgan fingerprint density at radius 3 is 2.53 bits per heavy atom. The lowest BCUT2D eigenvalue weighted by atomic mass is 10.1. The summed E-state index contributed by atoms with van der Waals surface area (Å²) in [6.07, 6.45) is 5.56. The van der Waals surface area contributed by atoms with Crippen LogP contribution >= 0.6 is 23.2 Å². The Morgan fingerprint density at radius 2 is 1.81 bits per heavy atom. The number of quaternary nitrogens is 1. The van der Waals surface area contributed by atoms with Gasteiger partial charge in [0.2, 0.25) is 0 Å². The second-order valence-corrected chi connectivity index (χ2v) is 8.46. The summed E-state index contributed by atoms with van der Waals surface area (Å²) in [6, 6.07) is 18.4. The summed E-state index contributed by atoms with van der Waals surface area (Å²) in [5.41, 5.74) is 8.07. The highest BCUT2D eigenvalue weighted by Crippen LogP contribution is 2.28. The highest BCUT2D eigenvalue weighted by Gasteiger charge is 2.30. The van der Waals surface area contributed by atoms with Crippen LogP contribution in [0, 0.1) is 0 Å². The maximum atomic E-state index is 11.9. The molecule has 0 aliphatic carbocycles. The van der Waals surface area contributed by atoms with Gasteiger partial charge in [0.1, 0.15) is 31.6 Å². The summed E-state index contributed by atoms with van der Waals surface area (Å²) in [7, 11) is 0. The Hall–Kier alpha value is -3.06. The van der Waals surface area contributed by atoms with Gasteiger partial charge >= 0.3 is 0 Å². The number of amidine groups is 1. The van der Waals surface area contributed by atoms with E-state index in [1.165, 1.54) is 0 Å². The predicted octanol–water partition coefficient (Wildman–Crippen LogP) is 4.40. The number of benzene rings is 2. The van der Waals surface area contributed by atoms with Gasteiger partial charge < -0.3 is 15.0 Å². The third-order valence-corrected chi connectivity index (χ3v) is 5.75. The maximum absolute atomic E-state index is 11.9. The molecule has 4 rings (SSSR count). The van der Waals surface area contributed by atoms with Crippen LogP contribution in [-0.2, 0) is 13.1 Å². The lowest BCUT2D eigenvalue weighted by Gasteiger charge is -2.26. The number of nitrogens with zero attached hydrogens (tertiary/aromatic N) is 3. The molecular weight excluding hydrogens is 447 g/mol. The smallest absolute Gasteiger partial charge is 0.250 e. The molecule has 2 aromatic carbocycles. The molecule has 0 radical (unpaired) electrons. The van der Waals surface area contributed by atoms with Crippen molar-refractivity contribution in [3.05, 3.63) is 111 Å². The van der Waals surface area contributed by atoms with Crippen LogP contribution in [0.5, 0.6) is 5.75 Å². The summed E-state index contributed by atoms with van der Waals surface area (Å²) in [6.45, 7) is 2.10. The molecule has 0 saturated carbocycles. The monoisotopic (exact) mass is 469 g/mol. The average Bonchev–Trinajstić information content (AvgIpc) is 3.14. The molecule has 164 valence electrons. The van der Waals surface area contributed by atoms with E-state index in [0.717, 1.165) is 11.1 Å². The third-order valence-electron chi connectivity index (χ3n) is 5.20. The van der Waals surface area contributed by atoms with Gasteiger partial charge in [0, 0.05) is 35.0 Å². The molecule has 0 bridgehead atoms. The zero-order valence-corrected chi connectivity index (χ0v) is 18.8. The predicted molar refractivity (Wildman–Crippen MR) is 128 cm³/mol. The largest absolute Gasteiger partial charge is 0.486 e. The molecule has 8 heteroatoms. The van der Waals surface area contributed by atoms with Gasteiger partial charge in [-0.2, -0.15) is 4.59 Å². The van der Waals surface area contributed by atoms with E-state index in [0.29, 0.717) is 52.5 Å². The van der Waals surface area contributed by atoms with Crippen LogP contribution in [0.4, 0.5) is 0 Å². The Bertz CT molecular complexity index is 1220. The van der Waals surface area contributed by atoms with Gasteiger partial charge in [0.15, 0.2) is 5.84 Å². The zero-order chi connectivity index (χ0) is 22.6. The average molecular weight is 470 g/mol. The minimum Gasteiger partial charge on any atom is -0.486 e. The van der Waals surface area contributed by atoms with E-state index in [1.807, 2.05) is 30.5 Å². The van der Waals surface area contributed by atoms with E-state index in [1.54, 1.807) is 41.1 Å². The third kappa shape index (κ3) is 5.40. The first-order chi connectivity index (χ1) is 15.4. The first kappa shape index (κ1) is 22.1. The topological polar surface area (TPSA) is 69.6 Å². The van der Waals surface area contributed by atoms with Gasteiger partial charge in [-0.1, -0.05) is 58.6 Å². The van der Waals surface area contributed by atoms with Crippen molar-refractivity contribution in [2.24, 2.45) is 10.8 Å². The van der Waals surface area contributed by atoms with Crippen molar-refractivity contribution in [1.29, 1.82) is 0 Å². The molecule has 1 aliphatic heterocycles. The van der Waals surface area contributed by atoms with Crippen LogP contribution in [0.25, 0.3) is 0 Å². The summed E-state index contributed by atoms with van der Waals surface area (Å²) in [4.78, 5) is 11.9. The van der Waals surface area contributed by atoms with E-state index in [9.17, 15) is 4.79 Å². The molecule has 0 saturated heterocycles. The minimum absolute atomic E-state index is 0.0205. The lowest BCUT2D eigenvalue weighted by Crippen LogP contribution is -2.39. The van der Waals surface area contributed by atoms with E-state index in [2.05, 4.69) is 17.2 Å². The van der Waals surface area contributed by atoms with Gasteiger partial charge in [0.05, 0.1) is 11.6 Å². The van der Waals surface area contributed by atoms with Crippen LogP contribution in [0.2, 0.25) is 10.0 Å². The van der Waals surface area contributed by atoms with Gasteiger partial charge in [0.25, 0.3) is 5.56 Å². The molecule has 0 spiro atoms. The molecule has 1 atom stereocenters. The first-order valence-corrected chi connectivity index (χ1v) is 10.9. The highest BCUT2D eigenvalue weighted by atomic mass is 35.5. The second-order valence-electron chi connectivity index (χ2n) is 7.62. The van der Waals surface area contributed by atoms with E-state index >= 15 is 0 Å². The number of hydrogen-bond acceptors (Lipinski definition) is 4. The number of aromatic nitrogens is 1. The molecule has 0 amide bonds.